The van der Waals surface area contributed by atoms with Gasteiger partial charge >= 0.3 is 5.97 Å². The molecule has 3 heteroatoms. The number of esters is 1. The molecule has 14 heavy (non-hydrogen) atoms. The van der Waals surface area contributed by atoms with Gasteiger partial charge in [-0.25, -0.2) is 0 Å². The first-order valence-electron chi connectivity index (χ1n) is 5.52. The lowest BCUT2D eigenvalue weighted by atomic mass is 9.67. The molecule has 2 N–H and O–H groups in total. The Balaban J connectivity index is 1.98. The maximum atomic E-state index is 11.4. The van der Waals surface area contributed by atoms with E-state index in [-0.39, 0.29) is 11.9 Å². The second kappa shape index (κ2) is 3.89. The standard InChI is InChI=1S/C11H19NO2/c1-14-11(13)9-3-7-2-8(4-9)6-10(12)5-7/h7-10H,2-6,12H2,1H3/t7-,8+,9+,10?. The van der Waals surface area contributed by atoms with Gasteiger partial charge in [0.25, 0.3) is 0 Å². The molecule has 4 atom stereocenters. The van der Waals surface area contributed by atoms with E-state index < -0.39 is 0 Å². The third kappa shape index (κ3) is 1.92. The van der Waals surface area contributed by atoms with Crippen LogP contribution in [0.15, 0.2) is 0 Å². The quantitative estimate of drug-likeness (QED) is 0.645. The summed E-state index contributed by atoms with van der Waals surface area (Å²) in [5.74, 6) is 1.47. The monoisotopic (exact) mass is 197 g/mol. The van der Waals surface area contributed by atoms with Crippen LogP contribution in [0.25, 0.3) is 0 Å². The van der Waals surface area contributed by atoms with E-state index in [1.807, 2.05) is 0 Å². The minimum Gasteiger partial charge on any atom is -0.469 e. The Morgan fingerprint density at radius 3 is 2.21 bits per heavy atom. The maximum Gasteiger partial charge on any atom is 0.308 e. The molecule has 0 aromatic carbocycles. The van der Waals surface area contributed by atoms with Gasteiger partial charge < -0.3 is 10.5 Å². The van der Waals surface area contributed by atoms with Crippen LogP contribution in [-0.4, -0.2) is 19.1 Å². The van der Waals surface area contributed by atoms with Crippen molar-refractivity contribution in [2.24, 2.45) is 23.5 Å². The number of carbonyl (C=O) groups is 1. The Bertz CT molecular complexity index is 211. The van der Waals surface area contributed by atoms with Crippen molar-refractivity contribution in [3.8, 4) is 0 Å². The smallest absolute Gasteiger partial charge is 0.308 e. The molecule has 0 heterocycles. The molecule has 0 amide bonds. The molecule has 0 aliphatic heterocycles. The molecule has 2 rings (SSSR count). The van der Waals surface area contributed by atoms with Crippen LogP contribution in [0.2, 0.25) is 0 Å². The largest absolute Gasteiger partial charge is 0.469 e. The van der Waals surface area contributed by atoms with Gasteiger partial charge in [0.2, 0.25) is 0 Å². The highest BCUT2D eigenvalue weighted by atomic mass is 16.5. The first kappa shape index (κ1) is 9.97. The van der Waals surface area contributed by atoms with Crippen molar-refractivity contribution in [3.63, 3.8) is 0 Å². The maximum absolute atomic E-state index is 11.4. The number of nitrogens with two attached hydrogens (primary N) is 1. The molecule has 0 aromatic rings. The second-order valence-electron chi connectivity index (χ2n) is 4.89. The summed E-state index contributed by atoms with van der Waals surface area (Å²) in [5.41, 5.74) is 5.96. The van der Waals surface area contributed by atoms with Gasteiger partial charge in [-0.2, -0.15) is 0 Å². The first-order chi connectivity index (χ1) is 6.69. The minimum atomic E-state index is -0.0184. The van der Waals surface area contributed by atoms with Gasteiger partial charge in [0.05, 0.1) is 13.0 Å². The third-order valence-corrected chi connectivity index (χ3v) is 3.71. The number of hydrogen-bond donors (Lipinski definition) is 1. The van der Waals surface area contributed by atoms with Gasteiger partial charge in [-0.05, 0) is 43.9 Å². The van der Waals surface area contributed by atoms with Crippen molar-refractivity contribution in [1.29, 1.82) is 0 Å². The van der Waals surface area contributed by atoms with Crippen LogP contribution in [0.5, 0.6) is 0 Å². The van der Waals surface area contributed by atoms with Crippen molar-refractivity contribution >= 4 is 5.97 Å². The Kier molecular flexibility index (Phi) is 2.77. The molecule has 2 bridgehead atoms. The Hall–Kier alpha value is -0.570. The van der Waals surface area contributed by atoms with Gasteiger partial charge in [0.1, 0.15) is 0 Å². The Morgan fingerprint density at radius 1 is 1.14 bits per heavy atom. The SMILES string of the molecule is COC(=O)[C@H]1C[C@@H]2CC(N)C[C@@H](C2)C1. The van der Waals surface area contributed by atoms with Crippen LogP contribution in [0, 0.1) is 17.8 Å². The number of carbonyl (C=O) groups excluding carboxylic acids is 1. The zero-order chi connectivity index (χ0) is 10.1. The topological polar surface area (TPSA) is 52.3 Å². The fraction of sp³-hybridized carbons (Fsp3) is 0.909. The highest BCUT2D eigenvalue weighted by Gasteiger charge is 2.37. The summed E-state index contributed by atoms with van der Waals surface area (Å²) in [6, 6.07) is 0.373. The predicted octanol–water partition coefficient (Wildman–Crippen LogP) is 1.31. The third-order valence-electron chi connectivity index (χ3n) is 3.71. The number of methoxy groups -OCH3 is 1. The van der Waals surface area contributed by atoms with Gasteiger partial charge in [-0.1, -0.05) is 0 Å². The van der Waals surface area contributed by atoms with Crippen molar-refractivity contribution in [3.05, 3.63) is 0 Å². The Labute approximate surface area is 85.0 Å². The van der Waals surface area contributed by atoms with E-state index in [9.17, 15) is 4.79 Å². The molecule has 0 aromatic heterocycles. The van der Waals surface area contributed by atoms with Gasteiger partial charge in [0, 0.05) is 6.04 Å². The van der Waals surface area contributed by atoms with Crippen molar-refractivity contribution in [2.45, 2.75) is 38.1 Å². The van der Waals surface area contributed by atoms with Gasteiger partial charge in [0.15, 0.2) is 0 Å². The lowest BCUT2D eigenvalue weighted by molar-refractivity contribution is -0.148. The van der Waals surface area contributed by atoms with E-state index in [1.165, 1.54) is 13.5 Å². The second-order valence-corrected chi connectivity index (χ2v) is 4.89. The van der Waals surface area contributed by atoms with E-state index in [2.05, 4.69) is 0 Å². The lowest BCUT2D eigenvalue weighted by Crippen LogP contribution is -2.39. The van der Waals surface area contributed by atoms with E-state index >= 15 is 0 Å². The van der Waals surface area contributed by atoms with Crippen LogP contribution < -0.4 is 5.73 Å². The van der Waals surface area contributed by atoms with E-state index in [0.717, 1.165) is 25.7 Å². The van der Waals surface area contributed by atoms with Gasteiger partial charge in [-0.15, -0.1) is 0 Å². The van der Waals surface area contributed by atoms with Gasteiger partial charge in [-0.3, -0.25) is 4.79 Å². The molecule has 2 aliphatic rings. The molecule has 80 valence electrons. The summed E-state index contributed by atoms with van der Waals surface area (Å²) in [6.07, 6.45) is 5.48. The van der Waals surface area contributed by atoms with E-state index in [0.29, 0.717) is 17.9 Å². The summed E-state index contributed by atoms with van der Waals surface area (Å²) < 4.78 is 4.81. The number of ether oxygens (including phenoxy) is 1. The summed E-state index contributed by atoms with van der Waals surface area (Å²) in [5, 5.41) is 0. The summed E-state index contributed by atoms with van der Waals surface area (Å²) >= 11 is 0. The Morgan fingerprint density at radius 2 is 1.71 bits per heavy atom. The number of rotatable bonds is 1. The van der Waals surface area contributed by atoms with Crippen LogP contribution in [-0.2, 0) is 9.53 Å². The molecular weight excluding hydrogens is 178 g/mol. The van der Waals surface area contributed by atoms with Crippen molar-refractivity contribution < 1.29 is 9.53 Å². The summed E-state index contributed by atoms with van der Waals surface area (Å²) in [6.45, 7) is 0. The molecule has 1 unspecified atom stereocenters. The fourth-order valence-electron chi connectivity index (χ4n) is 3.26. The van der Waals surface area contributed by atoms with Crippen molar-refractivity contribution in [1.82, 2.24) is 0 Å². The summed E-state index contributed by atoms with van der Waals surface area (Å²) in [4.78, 5) is 11.4. The molecular formula is C11H19NO2. The average Bonchev–Trinajstić information content (AvgIpc) is 2.14. The number of fused-ring (bicyclic) bond motifs is 2. The lowest BCUT2D eigenvalue weighted by Gasteiger charge is -2.40. The summed E-state index contributed by atoms with van der Waals surface area (Å²) in [7, 11) is 1.48. The molecule has 0 saturated heterocycles. The van der Waals surface area contributed by atoms with E-state index in [4.69, 9.17) is 10.5 Å². The van der Waals surface area contributed by atoms with Crippen LogP contribution in [0.4, 0.5) is 0 Å². The van der Waals surface area contributed by atoms with E-state index in [1.54, 1.807) is 0 Å². The van der Waals surface area contributed by atoms with Crippen molar-refractivity contribution in [2.75, 3.05) is 7.11 Å². The highest BCUT2D eigenvalue weighted by Crippen LogP contribution is 2.42. The first-order valence-corrected chi connectivity index (χ1v) is 5.52. The predicted molar refractivity (Wildman–Crippen MR) is 53.5 cm³/mol. The molecule has 0 radical (unpaired) electrons. The fourth-order valence-corrected chi connectivity index (χ4v) is 3.26. The average molecular weight is 197 g/mol. The molecule has 2 fully saturated rings. The normalized spacial score (nSPS) is 41.9. The van der Waals surface area contributed by atoms with Crippen LogP contribution in [0.3, 0.4) is 0 Å². The molecule has 2 saturated carbocycles. The molecule has 0 spiro atoms. The zero-order valence-corrected chi connectivity index (χ0v) is 8.74. The van der Waals surface area contributed by atoms with Crippen LogP contribution in [0.1, 0.15) is 32.1 Å². The van der Waals surface area contributed by atoms with Crippen LogP contribution >= 0.6 is 0 Å². The minimum absolute atomic E-state index is 0.0184. The number of hydrogen-bond acceptors (Lipinski definition) is 3. The highest BCUT2D eigenvalue weighted by molar-refractivity contribution is 5.72. The molecule has 2 aliphatic carbocycles. The molecule has 3 nitrogen and oxygen atoms in total. The zero-order valence-electron chi connectivity index (χ0n) is 8.74.